The molecule has 2 fully saturated rings. The molecule has 2 aliphatic heterocycles. The van der Waals surface area contributed by atoms with Crippen LogP contribution in [-0.2, 0) is 20.5 Å². The van der Waals surface area contributed by atoms with Crippen molar-refractivity contribution in [2.24, 2.45) is 11.8 Å². The minimum atomic E-state index is -4.71. The molecule has 0 N–H and O–H groups in total. The van der Waals surface area contributed by atoms with E-state index in [0.29, 0.717) is 16.5 Å². The maximum Gasteiger partial charge on any atom is 0.416 e. The van der Waals surface area contributed by atoms with Gasteiger partial charge in [0.05, 0.1) is 29.2 Å². The molecule has 0 unspecified atom stereocenters. The number of ketones is 2. The Morgan fingerprint density at radius 1 is 0.811 bits per heavy atom. The Morgan fingerprint density at radius 3 is 2.03 bits per heavy atom. The highest BCUT2D eigenvalue weighted by molar-refractivity contribution is 9.10. The number of rotatable bonds is 2. The van der Waals surface area contributed by atoms with Crippen LogP contribution in [0.25, 0.3) is 0 Å². The number of Topliss-reactive ketones (excluding diaryl/α,β-unsaturated/α-hetero) is 2. The van der Waals surface area contributed by atoms with Crippen LogP contribution in [0.15, 0.2) is 77.3 Å². The van der Waals surface area contributed by atoms with E-state index in [1.807, 2.05) is 0 Å². The van der Waals surface area contributed by atoms with Crippen LogP contribution in [0.4, 0.5) is 18.9 Å². The van der Waals surface area contributed by atoms with Gasteiger partial charge in [0.25, 0.3) is 0 Å². The second kappa shape index (κ2) is 7.93. The molecule has 2 heterocycles. The molecule has 0 saturated carbocycles. The number of benzene rings is 3. The molecule has 0 bridgehead atoms. The monoisotopic (exact) mass is 569 g/mol. The van der Waals surface area contributed by atoms with E-state index >= 15 is 0 Å². The normalized spacial score (nSPS) is 24.2. The molecule has 3 atom stereocenters. The van der Waals surface area contributed by atoms with Crippen molar-refractivity contribution in [2.45, 2.75) is 17.9 Å². The summed E-state index contributed by atoms with van der Waals surface area (Å²) in [6.07, 6.45) is -5.87. The number of carbonyl (C=O) groups excluding carboxylic acids is 4. The van der Waals surface area contributed by atoms with Crippen molar-refractivity contribution in [1.82, 2.24) is 0 Å². The van der Waals surface area contributed by atoms with Gasteiger partial charge in [-0.1, -0.05) is 58.4 Å². The van der Waals surface area contributed by atoms with Gasteiger partial charge in [0, 0.05) is 15.6 Å². The van der Waals surface area contributed by atoms with Crippen LogP contribution in [-0.4, -0.2) is 29.0 Å². The fourth-order valence-corrected chi connectivity index (χ4v) is 5.81. The number of imide groups is 1. The number of amides is 2. The van der Waals surface area contributed by atoms with Crippen molar-refractivity contribution in [3.8, 4) is 0 Å². The molecule has 3 aromatic rings. The molecule has 0 radical (unpaired) electrons. The van der Waals surface area contributed by atoms with Gasteiger partial charge < -0.3 is 4.74 Å². The molecular formula is C27H15BrF3NO5. The lowest BCUT2D eigenvalue weighted by Gasteiger charge is -2.27. The van der Waals surface area contributed by atoms with Gasteiger partial charge in [-0.3, -0.25) is 19.2 Å². The number of alkyl halides is 3. The first kappa shape index (κ1) is 23.7. The number of ether oxygens (including phenoxy) is 1. The van der Waals surface area contributed by atoms with E-state index < -0.39 is 58.7 Å². The molecule has 37 heavy (non-hydrogen) atoms. The first-order valence-electron chi connectivity index (χ1n) is 11.2. The third-order valence-electron chi connectivity index (χ3n) is 7.15. The number of hydrogen-bond acceptors (Lipinski definition) is 5. The summed E-state index contributed by atoms with van der Waals surface area (Å²) in [6.45, 7) is 0. The van der Waals surface area contributed by atoms with Crippen LogP contribution in [0, 0.1) is 11.8 Å². The summed E-state index contributed by atoms with van der Waals surface area (Å²) < 4.78 is 47.0. The molecule has 2 amide bonds. The topological polar surface area (TPSA) is 80.8 Å². The average Bonchev–Trinajstić information content (AvgIpc) is 3.44. The molecule has 3 aromatic carbocycles. The molecule has 1 aliphatic carbocycles. The maximum absolute atomic E-state index is 13.8. The Labute approximate surface area is 216 Å². The van der Waals surface area contributed by atoms with Gasteiger partial charge in [0.1, 0.15) is 0 Å². The minimum Gasteiger partial charge on any atom is -0.349 e. The van der Waals surface area contributed by atoms with E-state index in [1.165, 1.54) is 18.2 Å². The lowest BCUT2D eigenvalue weighted by atomic mass is 9.77. The Hall–Kier alpha value is -3.63. The van der Waals surface area contributed by atoms with E-state index in [-0.39, 0.29) is 16.8 Å². The third-order valence-corrected chi connectivity index (χ3v) is 7.68. The first-order valence-corrected chi connectivity index (χ1v) is 12.0. The smallest absolute Gasteiger partial charge is 0.349 e. The Balaban J connectivity index is 1.53. The fraction of sp³-hybridized carbons (Fsp3) is 0.185. The van der Waals surface area contributed by atoms with E-state index in [4.69, 9.17) is 4.74 Å². The molecule has 6 rings (SSSR count). The summed E-state index contributed by atoms with van der Waals surface area (Å²) in [7, 11) is 0. The number of nitrogens with zero attached hydrogens (tertiary/aromatic N) is 1. The molecule has 1 spiro atoms. The van der Waals surface area contributed by atoms with Gasteiger partial charge >= 0.3 is 6.18 Å². The van der Waals surface area contributed by atoms with Crippen molar-refractivity contribution in [3.05, 3.63) is 99.5 Å². The summed E-state index contributed by atoms with van der Waals surface area (Å²) >= 11 is 3.32. The predicted molar refractivity (Wildman–Crippen MR) is 127 cm³/mol. The molecular weight excluding hydrogens is 555 g/mol. The number of anilines is 1. The van der Waals surface area contributed by atoms with E-state index in [0.717, 1.165) is 16.6 Å². The van der Waals surface area contributed by atoms with Crippen LogP contribution in [0.1, 0.15) is 37.9 Å². The summed E-state index contributed by atoms with van der Waals surface area (Å²) in [5.41, 5.74) is -3.05. The molecule has 2 saturated heterocycles. The molecule has 186 valence electrons. The van der Waals surface area contributed by atoms with Gasteiger partial charge in [-0.25, -0.2) is 4.90 Å². The van der Waals surface area contributed by atoms with Crippen molar-refractivity contribution < 1.29 is 37.1 Å². The first-order chi connectivity index (χ1) is 17.6. The Bertz CT molecular complexity index is 1480. The van der Waals surface area contributed by atoms with E-state index in [1.54, 1.807) is 36.4 Å². The summed E-state index contributed by atoms with van der Waals surface area (Å²) in [4.78, 5) is 55.6. The van der Waals surface area contributed by atoms with Crippen LogP contribution in [0.2, 0.25) is 0 Å². The highest BCUT2D eigenvalue weighted by atomic mass is 79.9. The van der Waals surface area contributed by atoms with Gasteiger partial charge in [-0.2, -0.15) is 13.2 Å². The zero-order valence-corrected chi connectivity index (χ0v) is 20.2. The SMILES string of the molecule is O=C1[C@H]2[C@@H](c3ccc(Br)cc3)OC3(C(=O)c4ccccc4C3=O)[C@H]2C(=O)N1c1cccc(C(F)(F)F)c1. The van der Waals surface area contributed by atoms with Crippen molar-refractivity contribution >= 4 is 45.0 Å². The van der Waals surface area contributed by atoms with Crippen LogP contribution < -0.4 is 4.90 Å². The quantitative estimate of drug-likeness (QED) is 0.314. The zero-order chi connectivity index (χ0) is 26.3. The van der Waals surface area contributed by atoms with E-state index in [9.17, 15) is 32.3 Å². The molecule has 3 aliphatic rings. The molecule has 10 heteroatoms. The largest absolute Gasteiger partial charge is 0.416 e. The minimum absolute atomic E-state index is 0.0699. The second-order valence-electron chi connectivity index (χ2n) is 9.09. The Morgan fingerprint density at radius 2 is 1.43 bits per heavy atom. The van der Waals surface area contributed by atoms with Crippen molar-refractivity contribution in [1.29, 1.82) is 0 Å². The van der Waals surface area contributed by atoms with Gasteiger partial charge in [0.15, 0.2) is 0 Å². The second-order valence-corrected chi connectivity index (χ2v) is 10.0. The van der Waals surface area contributed by atoms with Crippen molar-refractivity contribution in [3.63, 3.8) is 0 Å². The highest BCUT2D eigenvalue weighted by Crippen LogP contribution is 2.57. The maximum atomic E-state index is 13.8. The number of hydrogen-bond donors (Lipinski definition) is 0. The van der Waals surface area contributed by atoms with Crippen LogP contribution in [0.5, 0.6) is 0 Å². The average molecular weight is 570 g/mol. The molecule has 0 aromatic heterocycles. The molecule has 6 nitrogen and oxygen atoms in total. The number of carbonyl (C=O) groups is 4. The van der Waals surface area contributed by atoms with E-state index in [2.05, 4.69) is 15.9 Å². The predicted octanol–water partition coefficient (Wildman–Crippen LogP) is 5.16. The van der Waals surface area contributed by atoms with Gasteiger partial charge in [0.2, 0.25) is 29.0 Å². The highest BCUT2D eigenvalue weighted by Gasteiger charge is 2.74. The van der Waals surface area contributed by atoms with Crippen LogP contribution in [0.3, 0.4) is 0 Å². The number of halogens is 4. The third kappa shape index (κ3) is 3.21. The van der Waals surface area contributed by atoms with Crippen LogP contribution >= 0.6 is 15.9 Å². The van der Waals surface area contributed by atoms with Gasteiger partial charge in [-0.05, 0) is 35.9 Å². The lowest BCUT2D eigenvalue weighted by Crippen LogP contribution is -2.51. The van der Waals surface area contributed by atoms with Crippen molar-refractivity contribution in [2.75, 3.05) is 4.90 Å². The van der Waals surface area contributed by atoms with Gasteiger partial charge in [-0.15, -0.1) is 0 Å². The number of fused-ring (bicyclic) bond motifs is 3. The standard InChI is InChI=1S/C27H15BrF3NO5/c28-15-10-8-13(9-11-15)21-19-20(26(37-21)22(33)17-6-1-2-7-18(17)23(26)34)25(36)32(24(19)35)16-5-3-4-14(12-16)27(29,30)31/h1-12,19-21H/t19-,20-,21-/m1/s1. The zero-order valence-electron chi connectivity index (χ0n) is 18.7. The Kier molecular flexibility index (Phi) is 5.09. The summed E-state index contributed by atoms with van der Waals surface area (Å²) in [5.74, 6) is -6.12. The fourth-order valence-electron chi connectivity index (χ4n) is 5.55. The summed E-state index contributed by atoms with van der Waals surface area (Å²) in [6, 6.07) is 16.5. The lowest BCUT2D eigenvalue weighted by molar-refractivity contribution is -0.137. The summed E-state index contributed by atoms with van der Waals surface area (Å²) in [5, 5.41) is 0.